The van der Waals surface area contributed by atoms with Crippen molar-refractivity contribution in [3.05, 3.63) is 58.6 Å². The zero-order valence-electron chi connectivity index (χ0n) is 10.4. The van der Waals surface area contributed by atoms with E-state index in [0.29, 0.717) is 5.69 Å². The molecule has 0 aliphatic heterocycles. The minimum absolute atomic E-state index is 0.238. The molecule has 0 unspecified atom stereocenters. The van der Waals surface area contributed by atoms with Crippen molar-refractivity contribution in [1.29, 1.82) is 0 Å². The highest BCUT2D eigenvalue weighted by Crippen LogP contribution is 2.30. The molecule has 0 aliphatic carbocycles. The van der Waals surface area contributed by atoms with Crippen LogP contribution in [0.5, 0.6) is 0 Å². The molecule has 2 aromatic carbocycles. The van der Waals surface area contributed by atoms with Crippen molar-refractivity contribution in [3.8, 4) is 0 Å². The number of hydrogen-bond donors (Lipinski definition) is 1. The van der Waals surface area contributed by atoms with Crippen LogP contribution in [-0.2, 0) is 16.2 Å². The van der Waals surface area contributed by atoms with Crippen molar-refractivity contribution in [1.82, 2.24) is 0 Å². The maximum absolute atomic E-state index is 12.4. The lowest BCUT2D eigenvalue weighted by Crippen LogP contribution is -2.13. The van der Waals surface area contributed by atoms with E-state index in [9.17, 15) is 21.6 Å². The molecule has 0 atom stereocenters. The Hall–Kier alpha value is -1.54. The molecular weight excluding hydrogens is 371 g/mol. The lowest BCUT2D eigenvalue weighted by Gasteiger charge is -2.10. The molecule has 0 aliphatic rings. The topological polar surface area (TPSA) is 46.2 Å². The van der Waals surface area contributed by atoms with Gasteiger partial charge < -0.3 is 0 Å². The molecule has 0 bridgehead atoms. The highest BCUT2D eigenvalue weighted by Gasteiger charge is 2.30. The van der Waals surface area contributed by atoms with Crippen LogP contribution in [0.4, 0.5) is 18.9 Å². The van der Waals surface area contributed by atoms with Gasteiger partial charge in [0.25, 0.3) is 10.0 Å². The monoisotopic (exact) mass is 379 g/mol. The van der Waals surface area contributed by atoms with Crippen molar-refractivity contribution in [3.63, 3.8) is 0 Å². The minimum atomic E-state index is -4.50. The predicted octanol–water partition coefficient (Wildman–Crippen LogP) is 4.27. The van der Waals surface area contributed by atoms with Gasteiger partial charge in [-0.15, -0.1) is 0 Å². The van der Waals surface area contributed by atoms with E-state index in [0.717, 1.165) is 28.7 Å². The van der Waals surface area contributed by atoms with Crippen LogP contribution in [0.2, 0.25) is 0 Å². The third kappa shape index (κ3) is 3.98. The Morgan fingerprint density at radius 3 is 1.90 bits per heavy atom. The van der Waals surface area contributed by atoms with Gasteiger partial charge in [0.15, 0.2) is 0 Å². The first-order valence-corrected chi connectivity index (χ1v) is 7.92. The third-order valence-corrected chi connectivity index (χ3v) is 4.51. The summed E-state index contributed by atoms with van der Waals surface area (Å²) in [5.41, 5.74) is -0.580. The molecule has 0 heterocycles. The van der Waals surface area contributed by atoms with E-state index in [1.807, 2.05) is 0 Å². The smallest absolute Gasteiger partial charge is 0.280 e. The molecule has 0 saturated heterocycles. The first-order chi connectivity index (χ1) is 9.68. The Kier molecular flexibility index (Phi) is 4.29. The number of alkyl halides is 3. The van der Waals surface area contributed by atoms with Crippen LogP contribution in [0.1, 0.15) is 5.56 Å². The average molecular weight is 380 g/mol. The Labute approximate surface area is 128 Å². The second kappa shape index (κ2) is 5.69. The Morgan fingerprint density at radius 2 is 1.43 bits per heavy atom. The lowest BCUT2D eigenvalue weighted by molar-refractivity contribution is -0.137. The van der Waals surface area contributed by atoms with Crippen molar-refractivity contribution in [2.75, 3.05) is 4.72 Å². The molecule has 2 rings (SSSR count). The summed E-state index contributed by atoms with van der Waals surface area (Å²) in [5, 5.41) is 0. The third-order valence-electron chi connectivity index (χ3n) is 2.59. The molecule has 0 spiro atoms. The van der Waals surface area contributed by atoms with E-state index in [1.165, 1.54) is 12.1 Å². The van der Waals surface area contributed by atoms with Gasteiger partial charge in [0.2, 0.25) is 0 Å². The molecule has 1 N–H and O–H groups in total. The highest BCUT2D eigenvalue weighted by atomic mass is 79.9. The van der Waals surface area contributed by atoms with Crippen molar-refractivity contribution in [2.45, 2.75) is 11.1 Å². The zero-order valence-corrected chi connectivity index (χ0v) is 12.8. The quantitative estimate of drug-likeness (QED) is 0.865. The molecule has 0 radical (unpaired) electrons. The Bertz CT molecular complexity index is 726. The Balaban J connectivity index is 2.25. The van der Waals surface area contributed by atoms with E-state index >= 15 is 0 Å². The van der Waals surface area contributed by atoms with Gasteiger partial charge in [-0.25, -0.2) is 8.42 Å². The molecular formula is C13H9BrF3NO2S. The Morgan fingerprint density at radius 1 is 0.905 bits per heavy atom. The van der Waals surface area contributed by atoms with Crippen LogP contribution in [0.25, 0.3) is 0 Å². The van der Waals surface area contributed by atoms with Gasteiger partial charge in [0.1, 0.15) is 0 Å². The summed E-state index contributed by atoms with van der Waals surface area (Å²) in [5.74, 6) is 0. The van der Waals surface area contributed by atoms with E-state index in [4.69, 9.17) is 0 Å². The molecule has 0 saturated carbocycles. The van der Waals surface area contributed by atoms with Gasteiger partial charge >= 0.3 is 6.18 Å². The SMILES string of the molecule is O=S(=O)(Nc1ccc(Br)cc1)c1ccc(C(F)(F)F)cc1. The van der Waals surface area contributed by atoms with Crippen LogP contribution in [0.3, 0.4) is 0 Å². The van der Waals surface area contributed by atoms with Crippen LogP contribution in [0, 0.1) is 0 Å². The standard InChI is InChI=1S/C13H9BrF3NO2S/c14-10-3-5-11(6-4-10)18-21(19,20)12-7-1-9(2-8-12)13(15,16)17/h1-8,18H. The van der Waals surface area contributed by atoms with E-state index < -0.39 is 21.8 Å². The van der Waals surface area contributed by atoms with E-state index in [-0.39, 0.29) is 4.90 Å². The largest absolute Gasteiger partial charge is 0.416 e. The first-order valence-electron chi connectivity index (χ1n) is 5.64. The summed E-state index contributed by atoms with van der Waals surface area (Å²) < 4.78 is 64.4. The highest BCUT2D eigenvalue weighted by molar-refractivity contribution is 9.10. The lowest BCUT2D eigenvalue weighted by atomic mass is 10.2. The van der Waals surface area contributed by atoms with Crippen molar-refractivity contribution in [2.24, 2.45) is 0 Å². The van der Waals surface area contributed by atoms with E-state index in [2.05, 4.69) is 20.7 Å². The summed E-state index contributed by atoms with van der Waals surface area (Å²) in [6.45, 7) is 0. The fourth-order valence-corrected chi connectivity index (χ4v) is 2.88. The van der Waals surface area contributed by atoms with E-state index in [1.54, 1.807) is 12.1 Å². The molecule has 0 fully saturated rings. The van der Waals surface area contributed by atoms with Gasteiger partial charge in [-0.2, -0.15) is 13.2 Å². The fraction of sp³-hybridized carbons (Fsp3) is 0.0769. The number of nitrogens with one attached hydrogen (secondary N) is 1. The van der Waals surface area contributed by atoms with Gasteiger partial charge in [-0.1, -0.05) is 15.9 Å². The average Bonchev–Trinajstić information content (AvgIpc) is 2.40. The minimum Gasteiger partial charge on any atom is -0.280 e. The van der Waals surface area contributed by atoms with Crippen molar-refractivity contribution >= 4 is 31.6 Å². The molecule has 2 aromatic rings. The molecule has 0 amide bonds. The number of hydrogen-bond acceptors (Lipinski definition) is 2. The molecule has 3 nitrogen and oxygen atoms in total. The predicted molar refractivity (Wildman–Crippen MR) is 76.4 cm³/mol. The van der Waals surface area contributed by atoms with Gasteiger partial charge in [0, 0.05) is 10.2 Å². The molecule has 8 heteroatoms. The maximum Gasteiger partial charge on any atom is 0.416 e. The van der Waals surface area contributed by atoms with Gasteiger partial charge in [-0.3, -0.25) is 4.72 Å². The summed E-state index contributed by atoms with van der Waals surface area (Å²) in [4.78, 5) is -0.238. The number of anilines is 1. The summed E-state index contributed by atoms with van der Waals surface area (Å²) in [6.07, 6.45) is -4.50. The molecule has 21 heavy (non-hydrogen) atoms. The van der Waals surface area contributed by atoms with Gasteiger partial charge in [0.05, 0.1) is 10.5 Å². The number of benzene rings is 2. The zero-order chi connectivity index (χ0) is 15.7. The molecule has 0 aromatic heterocycles. The fourth-order valence-electron chi connectivity index (χ4n) is 1.56. The van der Waals surface area contributed by atoms with Crippen LogP contribution in [0.15, 0.2) is 57.9 Å². The van der Waals surface area contributed by atoms with Crippen LogP contribution >= 0.6 is 15.9 Å². The summed E-state index contributed by atoms with van der Waals surface area (Å²) in [6, 6.07) is 9.66. The second-order valence-electron chi connectivity index (χ2n) is 4.13. The van der Waals surface area contributed by atoms with Crippen molar-refractivity contribution < 1.29 is 21.6 Å². The number of halogens is 4. The number of rotatable bonds is 3. The second-order valence-corrected chi connectivity index (χ2v) is 6.73. The summed E-state index contributed by atoms with van der Waals surface area (Å²) >= 11 is 3.21. The maximum atomic E-state index is 12.4. The number of sulfonamides is 1. The van der Waals surface area contributed by atoms with Gasteiger partial charge in [-0.05, 0) is 48.5 Å². The first kappa shape index (κ1) is 15.8. The van der Waals surface area contributed by atoms with Crippen LogP contribution in [-0.4, -0.2) is 8.42 Å². The summed E-state index contributed by atoms with van der Waals surface area (Å²) in [7, 11) is -3.92. The normalized spacial score (nSPS) is 12.2. The molecule has 112 valence electrons. The van der Waals surface area contributed by atoms with Crippen LogP contribution < -0.4 is 4.72 Å².